The van der Waals surface area contributed by atoms with Gasteiger partial charge in [-0.05, 0) is 6.42 Å². The van der Waals surface area contributed by atoms with Crippen LogP contribution < -0.4 is 0 Å². The van der Waals surface area contributed by atoms with E-state index in [1.54, 1.807) is 0 Å². The number of aliphatic carboxylic acids is 1. The number of amides is 1. The van der Waals surface area contributed by atoms with Gasteiger partial charge in [0.25, 0.3) is 0 Å². The van der Waals surface area contributed by atoms with Crippen molar-refractivity contribution in [3.05, 3.63) is 0 Å². The van der Waals surface area contributed by atoms with Crippen LogP contribution in [-0.2, 0) is 19.1 Å². The van der Waals surface area contributed by atoms with Crippen molar-refractivity contribution in [1.82, 2.24) is 4.90 Å². The number of ether oxygens (including phenoxy) is 2. The zero-order chi connectivity index (χ0) is 11.5. The van der Waals surface area contributed by atoms with Gasteiger partial charge in [0.1, 0.15) is 6.61 Å². The average Bonchev–Trinajstić information content (AvgIpc) is 2.73. The van der Waals surface area contributed by atoms with Crippen LogP contribution in [0.5, 0.6) is 0 Å². The highest BCUT2D eigenvalue weighted by Crippen LogP contribution is 2.17. The summed E-state index contributed by atoms with van der Waals surface area (Å²) in [5, 5.41) is 9.00. The van der Waals surface area contributed by atoms with Crippen LogP contribution >= 0.6 is 0 Å². The van der Waals surface area contributed by atoms with Crippen molar-refractivity contribution in [2.75, 3.05) is 33.0 Å². The van der Waals surface area contributed by atoms with Crippen molar-refractivity contribution in [2.45, 2.75) is 12.5 Å². The van der Waals surface area contributed by atoms with Crippen molar-refractivity contribution in [3.8, 4) is 0 Å². The molecule has 2 rings (SSSR count). The van der Waals surface area contributed by atoms with E-state index in [1.165, 1.54) is 4.90 Å². The number of hydrogen-bond donors (Lipinski definition) is 1. The molecule has 2 aliphatic heterocycles. The molecule has 2 atom stereocenters. The Morgan fingerprint density at radius 2 is 2.25 bits per heavy atom. The van der Waals surface area contributed by atoms with Crippen molar-refractivity contribution in [2.24, 2.45) is 5.92 Å². The van der Waals surface area contributed by atoms with E-state index < -0.39 is 12.0 Å². The van der Waals surface area contributed by atoms with E-state index in [9.17, 15) is 9.59 Å². The van der Waals surface area contributed by atoms with Gasteiger partial charge < -0.3 is 19.5 Å². The SMILES string of the molecule is O=C(O)C1COCC(=O)N1CC1CCOC1. The molecule has 2 fully saturated rings. The van der Waals surface area contributed by atoms with E-state index in [0.717, 1.165) is 6.42 Å². The van der Waals surface area contributed by atoms with Crippen molar-refractivity contribution < 1.29 is 24.2 Å². The van der Waals surface area contributed by atoms with E-state index in [4.69, 9.17) is 14.6 Å². The lowest BCUT2D eigenvalue weighted by molar-refractivity contribution is -0.163. The number of carbonyl (C=O) groups excluding carboxylic acids is 1. The molecule has 2 saturated heterocycles. The highest BCUT2D eigenvalue weighted by atomic mass is 16.5. The number of nitrogens with zero attached hydrogens (tertiary/aromatic N) is 1. The zero-order valence-corrected chi connectivity index (χ0v) is 8.92. The summed E-state index contributed by atoms with van der Waals surface area (Å²) in [5.74, 6) is -0.999. The quantitative estimate of drug-likeness (QED) is 0.695. The smallest absolute Gasteiger partial charge is 0.328 e. The predicted molar refractivity (Wildman–Crippen MR) is 52.9 cm³/mol. The maximum Gasteiger partial charge on any atom is 0.328 e. The number of carboxylic acids is 1. The first-order valence-corrected chi connectivity index (χ1v) is 5.36. The topological polar surface area (TPSA) is 76.1 Å². The fraction of sp³-hybridized carbons (Fsp3) is 0.800. The Labute approximate surface area is 93.1 Å². The van der Waals surface area contributed by atoms with E-state index in [2.05, 4.69) is 0 Å². The largest absolute Gasteiger partial charge is 0.480 e. The molecule has 2 aliphatic rings. The van der Waals surface area contributed by atoms with Crippen molar-refractivity contribution >= 4 is 11.9 Å². The van der Waals surface area contributed by atoms with Gasteiger partial charge in [-0.3, -0.25) is 4.79 Å². The number of rotatable bonds is 3. The van der Waals surface area contributed by atoms with Gasteiger partial charge in [0.2, 0.25) is 5.91 Å². The van der Waals surface area contributed by atoms with Gasteiger partial charge >= 0.3 is 5.97 Å². The molecule has 0 spiro atoms. The average molecular weight is 229 g/mol. The first-order chi connectivity index (χ1) is 7.68. The Kier molecular flexibility index (Phi) is 3.40. The molecule has 6 heteroatoms. The van der Waals surface area contributed by atoms with Gasteiger partial charge in [-0.25, -0.2) is 4.79 Å². The van der Waals surface area contributed by atoms with Crippen LogP contribution in [0.2, 0.25) is 0 Å². The second kappa shape index (κ2) is 4.80. The minimum absolute atomic E-state index is 0.0165. The summed E-state index contributed by atoms with van der Waals surface area (Å²) in [4.78, 5) is 24.0. The fourth-order valence-electron chi connectivity index (χ4n) is 2.04. The molecule has 0 aliphatic carbocycles. The highest BCUT2D eigenvalue weighted by Gasteiger charge is 2.35. The summed E-state index contributed by atoms with van der Waals surface area (Å²) in [6.45, 7) is 1.82. The van der Waals surface area contributed by atoms with Gasteiger partial charge in [-0.15, -0.1) is 0 Å². The number of carboxylic acid groups (broad SMARTS) is 1. The van der Waals surface area contributed by atoms with E-state index in [1.807, 2.05) is 0 Å². The maximum absolute atomic E-state index is 11.6. The van der Waals surface area contributed by atoms with Gasteiger partial charge in [0.05, 0.1) is 13.2 Å². The lowest BCUT2D eigenvalue weighted by Gasteiger charge is -2.34. The number of morpholine rings is 1. The molecule has 0 aromatic rings. The molecule has 1 N–H and O–H groups in total. The van der Waals surface area contributed by atoms with Crippen LogP contribution in [-0.4, -0.2) is 60.9 Å². The van der Waals surface area contributed by atoms with Crippen LogP contribution in [0.1, 0.15) is 6.42 Å². The Morgan fingerprint density at radius 3 is 2.88 bits per heavy atom. The maximum atomic E-state index is 11.6. The normalized spacial score (nSPS) is 30.8. The van der Waals surface area contributed by atoms with Crippen LogP contribution in [0.25, 0.3) is 0 Å². The molecule has 6 nitrogen and oxygen atoms in total. The summed E-state index contributed by atoms with van der Waals surface area (Å²) in [5.41, 5.74) is 0. The number of hydrogen-bond acceptors (Lipinski definition) is 4. The Balaban J connectivity index is 2.00. The van der Waals surface area contributed by atoms with Crippen LogP contribution in [0.3, 0.4) is 0 Å². The fourth-order valence-corrected chi connectivity index (χ4v) is 2.04. The van der Waals surface area contributed by atoms with Gasteiger partial charge in [-0.2, -0.15) is 0 Å². The molecule has 0 aromatic heterocycles. The summed E-state index contributed by atoms with van der Waals surface area (Å²) in [6, 6.07) is -0.846. The third-order valence-electron chi connectivity index (χ3n) is 2.96. The molecule has 0 radical (unpaired) electrons. The molecule has 0 aromatic carbocycles. The summed E-state index contributed by atoms with van der Waals surface area (Å²) < 4.78 is 10.2. The molecular formula is C10H15NO5. The first-order valence-electron chi connectivity index (χ1n) is 5.36. The third-order valence-corrected chi connectivity index (χ3v) is 2.96. The van der Waals surface area contributed by atoms with Crippen LogP contribution in [0.4, 0.5) is 0 Å². The van der Waals surface area contributed by atoms with E-state index >= 15 is 0 Å². The van der Waals surface area contributed by atoms with Gasteiger partial charge in [0.15, 0.2) is 6.04 Å². The molecule has 0 saturated carbocycles. The first kappa shape index (κ1) is 11.3. The summed E-state index contributed by atoms with van der Waals surface area (Å²) in [7, 11) is 0. The second-order valence-electron chi connectivity index (χ2n) is 4.14. The highest BCUT2D eigenvalue weighted by molar-refractivity contribution is 5.85. The Bertz CT molecular complexity index is 287. The lowest BCUT2D eigenvalue weighted by Crippen LogP contribution is -2.54. The molecule has 2 unspecified atom stereocenters. The second-order valence-corrected chi connectivity index (χ2v) is 4.14. The zero-order valence-electron chi connectivity index (χ0n) is 8.92. The molecule has 0 bridgehead atoms. The Morgan fingerprint density at radius 1 is 1.44 bits per heavy atom. The van der Waals surface area contributed by atoms with Crippen LogP contribution in [0.15, 0.2) is 0 Å². The third kappa shape index (κ3) is 2.33. The minimum Gasteiger partial charge on any atom is -0.480 e. The molecule has 90 valence electrons. The van der Waals surface area contributed by atoms with Gasteiger partial charge in [-0.1, -0.05) is 0 Å². The molecule has 2 heterocycles. The van der Waals surface area contributed by atoms with E-state index in [-0.39, 0.29) is 25.0 Å². The summed E-state index contributed by atoms with van der Waals surface area (Å²) in [6.07, 6.45) is 0.886. The molecular weight excluding hydrogens is 214 g/mol. The lowest BCUT2D eigenvalue weighted by atomic mass is 10.1. The Hall–Kier alpha value is -1.14. The number of carbonyl (C=O) groups is 2. The minimum atomic E-state index is -1.01. The predicted octanol–water partition coefficient (Wildman–Crippen LogP) is -0.665. The molecule has 16 heavy (non-hydrogen) atoms. The summed E-state index contributed by atoms with van der Waals surface area (Å²) >= 11 is 0. The van der Waals surface area contributed by atoms with Crippen molar-refractivity contribution in [3.63, 3.8) is 0 Å². The molecule has 1 amide bonds. The standard InChI is InChI=1S/C10H15NO5/c12-9-6-16-5-8(10(13)14)11(9)3-7-1-2-15-4-7/h7-8H,1-6H2,(H,13,14). The van der Waals surface area contributed by atoms with Gasteiger partial charge in [0, 0.05) is 19.1 Å². The monoisotopic (exact) mass is 229 g/mol. The van der Waals surface area contributed by atoms with Crippen LogP contribution in [0, 0.1) is 5.92 Å². The van der Waals surface area contributed by atoms with E-state index in [0.29, 0.717) is 19.8 Å². The van der Waals surface area contributed by atoms with Crippen molar-refractivity contribution in [1.29, 1.82) is 0 Å².